The first-order chi connectivity index (χ1) is 13.2. The highest BCUT2D eigenvalue weighted by Crippen LogP contribution is 2.29. The Morgan fingerprint density at radius 3 is 2.96 bits per heavy atom. The number of aliphatic hydroxyl groups is 1. The van der Waals surface area contributed by atoms with Gasteiger partial charge in [0.2, 0.25) is 5.91 Å². The zero-order valence-corrected chi connectivity index (χ0v) is 14.5. The minimum Gasteiger partial charge on any atom is -0.395 e. The van der Waals surface area contributed by atoms with Gasteiger partial charge in [0.1, 0.15) is 11.3 Å². The number of fused-ring (bicyclic) bond motifs is 3. The molecule has 0 aliphatic heterocycles. The molecule has 9 nitrogen and oxygen atoms in total. The summed E-state index contributed by atoms with van der Waals surface area (Å²) in [6.07, 6.45) is 3.77. The molecule has 138 valence electrons. The topological polar surface area (TPSA) is 135 Å². The minimum atomic E-state index is -0.135. The maximum atomic E-state index is 11.7. The van der Waals surface area contributed by atoms with Gasteiger partial charge in [-0.15, -0.1) is 0 Å². The fourth-order valence-electron chi connectivity index (χ4n) is 3.02. The van der Waals surface area contributed by atoms with E-state index < -0.39 is 0 Å². The molecule has 3 heterocycles. The van der Waals surface area contributed by atoms with Crippen LogP contribution in [0.4, 0.5) is 5.82 Å². The highest BCUT2D eigenvalue weighted by atomic mass is 16.3. The second-order valence-corrected chi connectivity index (χ2v) is 6.18. The van der Waals surface area contributed by atoms with Gasteiger partial charge in [0, 0.05) is 42.9 Å². The number of benzene rings is 1. The van der Waals surface area contributed by atoms with Crippen molar-refractivity contribution >= 4 is 33.5 Å². The highest BCUT2D eigenvalue weighted by molar-refractivity contribution is 6.08. The summed E-state index contributed by atoms with van der Waals surface area (Å²) in [4.78, 5) is 16.2. The monoisotopic (exact) mass is 365 g/mol. The molecule has 9 heteroatoms. The molecule has 5 N–H and O–H groups in total. The van der Waals surface area contributed by atoms with Gasteiger partial charge in [-0.1, -0.05) is 6.07 Å². The predicted octanol–water partition coefficient (Wildman–Crippen LogP) is 1.06. The van der Waals surface area contributed by atoms with Gasteiger partial charge in [-0.05, 0) is 18.2 Å². The van der Waals surface area contributed by atoms with E-state index in [2.05, 4.69) is 25.6 Å². The van der Waals surface area contributed by atoms with Crippen LogP contribution in [0.1, 0.15) is 6.42 Å². The Morgan fingerprint density at radius 1 is 1.30 bits per heavy atom. The molecule has 1 amide bonds. The van der Waals surface area contributed by atoms with Crippen LogP contribution in [-0.4, -0.2) is 49.1 Å². The molecule has 0 unspecified atom stereocenters. The summed E-state index contributed by atoms with van der Waals surface area (Å²) in [5, 5.41) is 24.5. The molecule has 0 bridgehead atoms. The maximum absolute atomic E-state index is 11.7. The molecule has 3 aromatic heterocycles. The first-order valence-electron chi connectivity index (χ1n) is 8.59. The maximum Gasteiger partial charge on any atom is 0.221 e. The van der Waals surface area contributed by atoms with Gasteiger partial charge in [-0.2, -0.15) is 10.2 Å². The van der Waals surface area contributed by atoms with E-state index >= 15 is 0 Å². The van der Waals surface area contributed by atoms with E-state index in [4.69, 9.17) is 10.8 Å². The number of aryl methyl sites for hydroxylation is 1. The Labute approximate surface area is 154 Å². The van der Waals surface area contributed by atoms with Crippen LogP contribution in [0, 0.1) is 0 Å². The average molecular weight is 365 g/mol. The quantitative estimate of drug-likeness (QED) is 0.403. The van der Waals surface area contributed by atoms with E-state index in [1.54, 1.807) is 17.1 Å². The number of hydrogen-bond donors (Lipinski definition) is 4. The Balaban J connectivity index is 1.67. The number of rotatable bonds is 6. The average Bonchev–Trinajstić information content (AvgIpc) is 3.34. The number of hydrogen-bond acceptors (Lipinski definition) is 6. The van der Waals surface area contributed by atoms with Gasteiger partial charge >= 0.3 is 0 Å². The number of H-pyrrole nitrogens is 1. The number of carbonyl (C=O) groups excluding carboxylic acids is 1. The van der Waals surface area contributed by atoms with Crippen LogP contribution >= 0.6 is 0 Å². The van der Waals surface area contributed by atoms with Crippen molar-refractivity contribution in [3.05, 3.63) is 36.7 Å². The van der Waals surface area contributed by atoms with Crippen LogP contribution in [-0.2, 0) is 11.3 Å². The summed E-state index contributed by atoms with van der Waals surface area (Å²) < 4.78 is 1.70. The minimum absolute atomic E-state index is 0.0773. The summed E-state index contributed by atoms with van der Waals surface area (Å²) >= 11 is 0. The van der Waals surface area contributed by atoms with Crippen LogP contribution in [0.3, 0.4) is 0 Å². The summed E-state index contributed by atoms with van der Waals surface area (Å²) in [6.45, 7) is 0.589. The molecule has 0 aliphatic rings. The van der Waals surface area contributed by atoms with Crippen LogP contribution in [0.2, 0.25) is 0 Å². The number of aliphatic hydroxyl groups excluding tert-OH is 1. The van der Waals surface area contributed by atoms with E-state index in [9.17, 15) is 4.79 Å². The Kier molecular flexibility index (Phi) is 4.43. The largest absolute Gasteiger partial charge is 0.395 e. The van der Waals surface area contributed by atoms with Crippen LogP contribution < -0.4 is 11.1 Å². The third kappa shape index (κ3) is 3.32. The molecule has 0 saturated heterocycles. The molecule has 0 saturated carbocycles. The molecule has 0 spiro atoms. The number of anilines is 1. The Hall–Kier alpha value is -3.46. The molecule has 27 heavy (non-hydrogen) atoms. The SMILES string of the molecule is Nc1nc2cc(-c3ccn[nH]3)ccc2c2nn(CCC(=O)NCCO)cc12. The fourth-order valence-corrected chi connectivity index (χ4v) is 3.02. The van der Waals surface area contributed by atoms with Crippen molar-refractivity contribution in [3.8, 4) is 11.3 Å². The number of nitrogens with zero attached hydrogens (tertiary/aromatic N) is 4. The number of aromatic nitrogens is 5. The van der Waals surface area contributed by atoms with Crippen molar-refractivity contribution in [1.82, 2.24) is 30.3 Å². The van der Waals surface area contributed by atoms with Gasteiger partial charge in [-0.25, -0.2) is 4.98 Å². The van der Waals surface area contributed by atoms with Crippen LogP contribution in [0.15, 0.2) is 36.7 Å². The van der Waals surface area contributed by atoms with Gasteiger partial charge in [0.15, 0.2) is 0 Å². The zero-order valence-electron chi connectivity index (χ0n) is 14.5. The van der Waals surface area contributed by atoms with Gasteiger partial charge in [0.25, 0.3) is 0 Å². The van der Waals surface area contributed by atoms with Crippen molar-refractivity contribution in [2.45, 2.75) is 13.0 Å². The lowest BCUT2D eigenvalue weighted by molar-refractivity contribution is -0.121. The first kappa shape index (κ1) is 17.0. The van der Waals surface area contributed by atoms with E-state index in [1.165, 1.54) is 0 Å². The molecule has 1 aromatic carbocycles. The molecule has 4 rings (SSSR count). The van der Waals surface area contributed by atoms with Gasteiger partial charge in [-0.3, -0.25) is 14.6 Å². The number of nitrogen functional groups attached to an aromatic ring is 1. The Bertz CT molecular complexity index is 1100. The lowest BCUT2D eigenvalue weighted by atomic mass is 10.1. The van der Waals surface area contributed by atoms with Crippen molar-refractivity contribution in [2.24, 2.45) is 0 Å². The number of carbonyl (C=O) groups is 1. The smallest absolute Gasteiger partial charge is 0.221 e. The third-order valence-corrected chi connectivity index (χ3v) is 4.35. The van der Waals surface area contributed by atoms with E-state index in [-0.39, 0.29) is 25.5 Å². The predicted molar refractivity (Wildman–Crippen MR) is 102 cm³/mol. The van der Waals surface area contributed by atoms with Crippen molar-refractivity contribution in [1.29, 1.82) is 0 Å². The summed E-state index contributed by atoms with van der Waals surface area (Å²) in [6, 6.07) is 7.78. The van der Waals surface area contributed by atoms with Crippen molar-refractivity contribution in [3.63, 3.8) is 0 Å². The number of pyridine rings is 1. The lowest BCUT2D eigenvalue weighted by Crippen LogP contribution is -2.27. The van der Waals surface area contributed by atoms with Crippen molar-refractivity contribution in [2.75, 3.05) is 18.9 Å². The van der Waals surface area contributed by atoms with Gasteiger partial charge in [0.05, 0.1) is 23.2 Å². The number of amides is 1. The second-order valence-electron chi connectivity index (χ2n) is 6.18. The molecule has 0 atom stereocenters. The fraction of sp³-hybridized carbons (Fsp3) is 0.222. The number of nitrogens with one attached hydrogen (secondary N) is 2. The summed E-state index contributed by atoms with van der Waals surface area (Å²) in [5.74, 6) is 0.263. The molecule has 0 aliphatic carbocycles. The standard InChI is InChI=1S/C18H19N7O2/c19-18-13-10-25(7-4-16(27)20-6-8-26)24-17(13)12-2-1-11(9-15(12)22-18)14-3-5-21-23-14/h1-3,5,9-10,26H,4,6-8H2,(H2,19,22)(H,20,27)(H,21,23). The van der Waals surface area contributed by atoms with E-state index in [0.717, 1.165) is 33.1 Å². The summed E-state index contributed by atoms with van der Waals surface area (Å²) in [7, 11) is 0. The summed E-state index contributed by atoms with van der Waals surface area (Å²) in [5.41, 5.74) is 9.50. The van der Waals surface area contributed by atoms with E-state index in [1.807, 2.05) is 24.3 Å². The van der Waals surface area contributed by atoms with E-state index in [0.29, 0.717) is 12.4 Å². The second kappa shape index (κ2) is 7.04. The zero-order chi connectivity index (χ0) is 18.8. The molecule has 0 radical (unpaired) electrons. The van der Waals surface area contributed by atoms with Crippen LogP contribution in [0.25, 0.3) is 33.1 Å². The highest BCUT2D eigenvalue weighted by Gasteiger charge is 2.12. The number of aromatic amines is 1. The molecule has 4 aromatic rings. The number of nitrogens with two attached hydrogens (primary N) is 1. The first-order valence-corrected chi connectivity index (χ1v) is 8.59. The lowest BCUT2D eigenvalue weighted by Gasteiger charge is -2.04. The van der Waals surface area contributed by atoms with Gasteiger partial charge < -0.3 is 16.2 Å². The Morgan fingerprint density at radius 2 is 2.19 bits per heavy atom. The molecule has 0 fully saturated rings. The van der Waals surface area contributed by atoms with Crippen LogP contribution in [0.5, 0.6) is 0 Å². The molecular weight excluding hydrogens is 346 g/mol. The van der Waals surface area contributed by atoms with Crippen molar-refractivity contribution < 1.29 is 9.90 Å². The normalized spacial score (nSPS) is 11.3. The molecular formula is C18H19N7O2. The third-order valence-electron chi connectivity index (χ3n) is 4.35.